The van der Waals surface area contributed by atoms with Gasteiger partial charge in [0.2, 0.25) is 5.88 Å². The molecule has 5 heteroatoms. The highest BCUT2D eigenvalue weighted by Crippen LogP contribution is 2.26. The summed E-state index contributed by atoms with van der Waals surface area (Å²) in [6.45, 7) is 5.34. The highest BCUT2D eigenvalue weighted by molar-refractivity contribution is 5.90. The van der Waals surface area contributed by atoms with Crippen molar-refractivity contribution in [3.05, 3.63) is 46.9 Å². The quantitative estimate of drug-likeness (QED) is 0.916. The van der Waals surface area contributed by atoms with Gasteiger partial charge in [0.1, 0.15) is 11.6 Å². The predicted octanol–water partition coefficient (Wildman–Crippen LogP) is 2.89. The molecule has 1 aromatic carbocycles. The van der Waals surface area contributed by atoms with Crippen LogP contribution in [0, 0.1) is 20.8 Å². The zero-order valence-corrected chi connectivity index (χ0v) is 11.0. The van der Waals surface area contributed by atoms with Crippen LogP contribution in [0.2, 0.25) is 0 Å². The molecule has 0 aliphatic heterocycles. The lowest BCUT2D eigenvalue weighted by Crippen LogP contribution is -2.02. The summed E-state index contributed by atoms with van der Waals surface area (Å²) in [5.41, 5.74) is 1.60. The van der Waals surface area contributed by atoms with Crippen molar-refractivity contribution in [2.45, 2.75) is 20.8 Å². The van der Waals surface area contributed by atoms with Crippen LogP contribution < -0.4 is 4.74 Å². The van der Waals surface area contributed by atoms with Gasteiger partial charge in [-0.05, 0) is 32.9 Å². The average Bonchev–Trinajstić information content (AvgIpc) is 2.30. The van der Waals surface area contributed by atoms with E-state index in [1.54, 1.807) is 38.1 Å². The zero-order chi connectivity index (χ0) is 14.0. The standard InChI is InChI=1S/C14H14N2O3/c1-8-7-13(16-10(3)15-8)19-12-6-4-5-11(9(12)2)14(17)18/h4-7H,1-3H3,(H,17,18). The molecule has 0 aliphatic rings. The normalized spacial score (nSPS) is 10.3. The Morgan fingerprint density at radius 1 is 1.21 bits per heavy atom. The summed E-state index contributed by atoms with van der Waals surface area (Å²) >= 11 is 0. The van der Waals surface area contributed by atoms with Crippen LogP contribution in [0.1, 0.15) is 27.4 Å². The van der Waals surface area contributed by atoms with Gasteiger partial charge in [-0.1, -0.05) is 6.07 Å². The number of hydrogen-bond acceptors (Lipinski definition) is 4. The highest BCUT2D eigenvalue weighted by Gasteiger charge is 2.12. The van der Waals surface area contributed by atoms with Crippen LogP contribution in [-0.2, 0) is 0 Å². The lowest BCUT2D eigenvalue weighted by atomic mass is 10.1. The third-order valence-electron chi connectivity index (χ3n) is 2.67. The second-order valence-corrected chi connectivity index (χ2v) is 4.23. The van der Waals surface area contributed by atoms with E-state index < -0.39 is 5.97 Å². The summed E-state index contributed by atoms with van der Waals surface area (Å²) in [6, 6.07) is 6.61. The maximum Gasteiger partial charge on any atom is 0.336 e. The lowest BCUT2D eigenvalue weighted by molar-refractivity contribution is 0.0695. The Kier molecular flexibility index (Phi) is 3.46. The van der Waals surface area contributed by atoms with Crippen molar-refractivity contribution in [1.29, 1.82) is 0 Å². The minimum atomic E-state index is -0.974. The van der Waals surface area contributed by atoms with E-state index >= 15 is 0 Å². The van der Waals surface area contributed by atoms with E-state index in [9.17, 15) is 4.79 Å². The van der Waals surface area contributed by atoms with Crippen LogP contribution in [0.25, 0.3) is 0 Å². The number of carboxylic acids is 1. The Labute approximate surface area is 110 Å². The maximum atomic E-state index is 11.1. The minimum absolute atomic E-state index is 0.222. The number of aromatic nitrogens is 2. The van der Waals surface area contributed by atoms with Gasteiger partial charge < -0.3 is 9.84 Å². The van der Waals surface area contributed by atoms with Gasteiger partial charge in [-0.25, -0.2) is 9.78 Å². The van der Waals surface area contributed by atoms with Crippen LogP contribution in [0.15, 0.2) is 24.3 Å². The number of carbonyl (C=O) groups is 1. The van der Waals surface area contributed by atoms with Gasteiger partial charge in [-0.2, -0.15) is 4.98 Å². The Balaban J connectivity index is 2.38. The first-order chi connectivity index (χ1) is 8.97. The molecule has 0 radical (unpaired) electrons. The third-order valence-corrected chi connectivity index (χ3v) is 2.67. The number of carboxylic acid groups (broad SMARTS) is 1. The van der Waals surface area contributed by atoms with Crippen molar-refractivity contribution in [3.8, 4) is 11.6 Å². The molecule has 2 aromatic rings. The number of aryl methyl sites for hydroxylation is 2. The predicted molar refractivity (Wildman–Crippen MR) is 69.7 cm³/mol. The molecule has 1 aromatic heterocycles. The molecule has 0 aliphatic carbocycles. The molecule has 0 saturated heterocycles. The van der Waals surface area contributed by atoms with E-state index in [2.05, 4.69) is 9.97 Å². The van der Waals surface area contributed by atoms with Gasteiger partial charge in [-0.3, -0.25) is 0 Å². The van der Waals surface area contributed by atoms with Crippen LogP contribution in [0.3, 0.4) is 0 Å². The topological polar surface area (TPSA) is 72.3 Å². The molecule has 0 atom stereocenters. The largest absolute Gasteiger partial charge is 0.478 e. The molecule has 1 heterocycles. The van der Waals surface area contributed by atoms with Crippen LogP contribution in [0.5, 0.6) is 11.6 Å². The molecule has 0 saturated carbocycles. The Bertz CT molecular complexity index is 618. The van der Waals surface area contributed by atoms with Crippen molar-refractivity contribution in [2.24, 2.45) is 0 Å². The highest BCUT2D eigenvalue weighted by atomic mass is 16.5. The maximum absolute atomic E-state index is 11.1. The Morgan fingerprint density at radius 3 is 2.58 bits per heavy atom. The number of nitrogens with zero attached hydrogens (tertiary/aromatic N) is 2. The molecule has 0 fully saturated rings. The van der Waals surface area contributed by atoms with E-state index in [-0.39, 0.29) is 5.56 Å². The van der Waals surface area contributed by atoms with Crippen molar-refractivity contribution in [2.75, 3.05) is 0 Å². The van der Waals surface area contributed by atoms with Crippen LogP contribution in [0.4, 0.5) is 0 Å². The second kappa shape index (κ2) is 5.06. The molecule has 2 rings (SSSR count). The van der Waals surface area contributed by atoms with Crippen molar-refractivity contribution in [3.63, 3.8) is 0 Å². The smallest absolute Gasteiger partial charge is 0.336 e. The molecular weight excluding hydrogens is 244 g/mol. The summed E-state index contributed by atoms with van der Waals surface area (Å²) in [6.07, 6.45) is 0. The molecule has 98 valence electrons. The first kappa shape index (κ1) is 13.0. The Morgan fingerprint density at radius 2 is 1.95 bits per heavy atom. The van der Waals surface area contributed by atoms with Crippen molar-refractivity contribution >= 4 is 5.97 Å². The molecule has 0 amide bonds. The molecule has 1 N–H and O–H groups in total. The first-order valence-electron chi connectivity index (χ1n) is 5.80. The summed E-state index contributed by atoms with van der Waals surface area (Å²) in [5.74, 6) is 0.535. The molecule has 0 bridgehead atoms. The number of hydrogen-bond donors (Lipinski definition) is 1. The summed E-state index contributed by atoms with van der Waals surface area (Å²) < 4.78 is 5.65. The van der Waals surface area contributed by atoms with Gasteiger partial charge >= 0.3 is 5.97 Å². The second-order valence-electron chi connectivity index (χ2n) is 4.23. The summed E-state index contributed by atoms with van der Waals surface area (Å²) in [5, 5.41) is 9.06. The van der Waals surface area contributed by atoms with E-state index in [0.717, 1.165) is 5.69 Å². The van der Waals surface area contributed by atoms with Gasteiger partial charge in [-0.15, -0.1) is 0 Å². The third kappa shape index (κ3) is 2.88. The number of rotatable bonds is 3. The van der Waals surface area contributed by atoms with Gasteiger partial charge in [0.05, 0.1) is 5.56 Å². The summed E-state index contributed by atoms with van der Waals surface area (Å²) in [4.78, 5) is 19.4. The molecule has 0 unspecified atom stereocenters. The van der Waals surface area contributed by atoms with E-state index in [1.165, 1.54) is 0 Å². The van der Waals surface area contributed by atoms with Crippen LogP contribution >= 0.6 is 0 Å². The average molecular weight is 258 g/mol. The zero-order valence-electron chi connectivity index (χ0n) is 11.0. The fourth-order valence-electron chi connectivity index (χ4n) is 1.80. The fraction of sp³-hybridized carbons (Fsp3) is 0.214. The lowest BCUT2D eigenvalue weighted by Gasteiger charge is -2.10. The monoisotopic (exact) mass is 258 g/mol. The van der Waals surface area contributed by atoms with E-state index in [0.29, 0.717) is 23.0 Å². The molecule has 19 heavy (non-hydrogen) atoms. The van der Waals surface area contributed by atoms with E-state index in [1.807, 2.05) is 6.92 Å². The number of benzene rings is 1. The number of aromatic carboxylic acids is 1. The van der Waals surface area contributed by atoms with Gasteiger partial charge in [0.25, 0.3) is 0 Å². The SMILES string of the molecule is Cc1cc(Oc2cccc(C(=O)O)c2C)nc(C)n1. The van der Waals surface area contributed by atoms with Crippen LogP contribution in [-0.4, -0.2) is 21.0 Å². The first-order valence-corrected chi connectivity index (χ1v) is 5.80. The minimum Gasteiger partial charge on any atom is -0.478 e. The molecule has 5 nitrogen and oxygen atoms in total. The molecular formula is C14H14N2O3. The fourth-order valence-corrected chi connectivity index (χ4v) is 1.80. The Hall–Kier alpha value is -2.43. The molecule has 0 spiro atoms. The van der Waals surface area contributed by atoms with Crippen molar-refractivity contribution < 1.29 is 14.6 Å². The summed E-state index contributed by atoms with van der Waals surface area (Å²) in [7, 11) is 0. The van der Waals surface area contributed by atoms with E-state index in [4.69, 9.17) is 9.84 Å². The number of ether oxygens (including phenoxy) is 1. The van der Waals surface area contributed by atoms with Gasteiger partial charge in [0, 0.05) is 17.3 Å². The van der Waals surface area contributed by atoms with Crippen molar-refractivity contribution in [1.82, 2.24) is 9.97 Å². The van der Waals surface area contributed by atoms with Gasteiger partial charge in [0.15, 0.2) is 0 Å².